The van der Waals surface area contributed by atoms with Crippen LogP contribution in [0.15, 0.2) is 48.5 Å². The van der Waals surface area contributed by atoms with Crippen molar-refractivity contribution in [3.8, 4) is 5.75 Å². The van der Waals surface area contributed by atoms with Crippen LogP contribution in [0.5, 0.6) is 5.75 Å². The molecule has 7 nitrogen and oxygen atoms in total. The molecule has 2 atom stereocenters. The van der Waals surface area contributed by atoms with Crippen molar-refractivity contribution in [1.29, 1.82) is 0 Å². The first-order chi connectivity index (χ1) is 16.9. The van der Waals surface area contributed by atoms with Crippen LogP contribution in [-0.4, -0.2) is 36.9 Å². The number of carbonyl (C=O) groups excluding carboxylic acids is 3. The van der Waals surface area contributed by atoms with Crippen molar-refractivity contribution in [2.75, 3.05) is 12.4 Å². The van der Waals surface area contributed by atoms with E-state index in [1.807, 2.05) is 13.8 Å². The average Bonchev–Trinajstić information content (AvgIpc) is 3.15. The molecule has 0 heterocycles. The van der Waals surface area contributed by atoms with E-state index in [0.717, 1.165) is 32.1 Å². The van der Waals surface area contributed by atoms with Crippen molar-refractivity contribution in [2.24, 2.45) is 5.92 Å². The number of hydrogen-bond acceptors (Lipinski definition) is 4. The zero-order valence-electron chi connectivity index (χ0n) is 20.9. The minimum Gasteiger partial charge on any atom is -0.497 e. The third-order valence-corrected chi connectivity index (χ3v) is 6.76. The molecule has 0 spiro atoms. The van der Waals surface area contributed by atoms with Crippen molar-refractivity contribution >= 4 is 23.4 Å². The van der Waals surface area contributed by atoms with Gasteiger partial charge in [0.25, 0.3) is 11.8 Å². The molecule has 188 valence electrons. The minimum absolute atomic E-state index is 0.0363. The largest absolute Gasteiger partial charge is 0.497 e. The van der Waals surface area contributed by atoms with E-state index in [-0.39, 0.29) is 23.8 Å². The predicted molar refractivity (Wildman–Crippen MR) is 138 cm³/mol. The van der Waals surface area contributed by atoms with E-state index in [9.17, 15) is 14.4 Å². The molecule has 0 saturated heterocycles. The fourth-order valence-electron chi connectivity index (χ4n) is 4.36. The lowest BCUT2D eigenvalue weighted by molar-refractivity contribution is -0.124. The Hall–Kier alpha value is -3.35. The molecule has 2 aromatic rings. The van der Waals surface area contributed by atoms with Crippen LogP contribution >= 0.6 is 0 Å². The molecule has 2 aromatic carbocycles. The summed E-state index contributed by atoms with van der Waals surface area (Å²) in [7, 11) is 1.56. The van der Waals surface area contributed by atoms with E-state index in [1.165, 1.54) is 12.8 Å². The zero-order chi connectivity index (χ0) is 25.2. The monoisotopic (exact) mass is 479 g/mol. The van der Waals surface area contributed by atoms with Crippen LogP contribution in [-0.2, 0) is 4.79 Å². The van der Waals surface area contributed by atoms with Gasteiger partial charge >= 0.3 is 0 Å². The van der Waals surface area contributed by atoms with Gasteiger partial charge < -0.3 is 20.7 Å². The highest BCUT2D eigenvalue weighted by atomic mass is 16.5. The van der Waals surface area contributed by atoms with Crippen LogP contribution in [0.2, 0.25) is 0 Å². The van der Waals surface area contributed by atoms with E-state index < -0.39 is 11.9 Å². The van der Waals surface area contributed by atoms with Gasteiger partial charge in [0.05, 0.1) is 18.4 Å². The maximum Gasteiger partial charge on any atom is 0.255 e. The van der Waals surface area contributed by atoms with Gasteiger partial charge in [-0.15, -0.1) is 0 Å². The molecule has 1 fully saturated rings. The Morgan fingerprint density at radius 2 is 1.60 bits per heavy atom. The summed E-state index contributed by atoms with van der Waals surface area (Å²) in [5, 5.41) is 8.94. The molecule has 0 aliphatic heterocycles. The summed E-state index contributed by atoms with van der Waals surface area (Å²) in [4.78, 5) is 39.3. The predicted octanol–water partition coefficient (Wildman–Crippen LogP) is 4.93. The number of anilines is 1. The molecule has 1 aliphatic rings. The number of nitrogens with one attached hydrogen (secondary N) is 3. The van der Waals surface area contributed by atoms with Crippen molar-refractivity contribution in [3.05, 3.63) is 59.7 Å². The number of ether oxygens (including phenoxy) is 1. The maximum atomic E-state index is 13.3. The van der Waals surface area contributed by atoms with Gasteiger partial charge in [-0.25, -0.2) is 0 Å². The Labute approximate surface area is 208 Å². The first-order valence-corrected chi connectivity index (χ1v) is 12.6. The first kappa shape index (κ1) is 26.3. The molecule has 0 unspecified atom stereocenters. The standard InChI is InChI=1S/C28H37N3O4/c1-4-19(2)25(28(34)29-21-11-7-5-6-8-12-21)31-27(33)23-13-9-10-14-24(23)30-26(32)20-15-17-22(35-3)18-16-20/h9-10,13-19,21,25H,4-8,11-12H2,1-3H3,(H,29,34)(H,30,32)(H,31,33)/t19-,25+/m0/s1. The summed E-state index contributed by atoms with van der Waals surface area (Å²) in [6.07, 6.45) is 7.35. The van der Waals surface area contributed by atoms with Gasteiger partial charge in [-0.1, -0.05) is 58.1 Å². The molecular formula is C28H37N3O4. The van der Waals surface area contributed by atoms with Crippen molar-refractivity contribution < 1.29 is 19.1 Å². The van der Waals surface area contributed by atoms with Gasteiger partial charge in [0, 0.05) is 11.6 Å². The van der Waals surface area contributed by atoms with Gasteiger partial charge in [-0.3, -0.25) is 14.4 Å². The lowest BCUT2D eigenvalue weighted by Gasteiger charge is -2.26. The van der Waals surface area contributed by atoms with Gasteiger partial charge in [-0.2, -0.15) is 0 Å². The van der Waals surface area contributed by atoms with E-state index in [1.54, 1.807) is 55.6 Å². The minimum atomic E-state index is -0.652. The molecule has 0 radical (unpaired) electrons. The number of methoxy groups -OCH3 is 1. The third kappa shape index (κ3) is 7.31. The normalized spacial score (nSPS) is 15.9. The van der Waals surface area contributed by atoms with E-state index >= 15 is 0 Å². The van der Waals surface area contributed by atoms with Crippen molar-refractivity contribution in [1.82, 2.24) is 10.6 Å². The quantitative estimate of drug-likeness (QED) is 0.444. The molecule has 1 saturated carbocycles. The average molecular weight is 480 g/mol. The number of hydrogen-bond donors (Lipinski definition) is 3. The van der Waals surface area contributed by atoms with Crippen LogP contribution < -0.4 is 20.7 Å². The first-order valence-electron chi connectivity index (χ1n) is 12.6. The van der Waals surface area contributed by atoms with Gasteiger partial charge in [-0.05, 0) is 55.2 Å². The van der Waals surface area contributed by atoms with Crippen molar-refractivity contribution in [3.63, 3.8) is 0 Å². The van der Waals surface area contributed by atoms with Crippen LogP contribution in [0.3, 0.4) is 0 Å². The smallest absolute Gasteiger partial charge is 0.255 e. The fraction of sp³-hybridized carbons (Fsp3) is 0.464. The molecule has 3 amide bonds. The number of carbonyl (C=O) groups is 3. The second kappa shape index (κ2) is 12.9. The summed E-state index contributed by atoms with van der Waals surface area (Å²) >= 11 is 0. The topological polar surface area (TPSA) is 96.5 Å². The summed E-state index contributed by atoms with van der Waals surface area (Å²) in [5.41, 5.74) is 1.14. The Morgan fingerprint density at radius 1 is 0.943 bits per heavy atom. The van der Waals surface area contributed by atoms with Crippen LogP contribution in [0.1, 0.15) is 79.5 Å². The maximum absolute atomic E-state index is 13.3. The number of amides is 3. The molecule has 0 aromatic heterocycles. The number of rotatable bonds is 9. The van der Waals surface area contributed by atoms with Crippen LogP contribution in [0, 0.1) is 5.92 Å². The summed E-state index contributed by atoms with van der Waals surface area (Å²) in [5.74, 6) is -0.251. The highest BCUT2D eigenvalue weighted by Crippen LogP contribution is 2.20. The molecular weight excluding hydrogens is 442 g/mol. The lowest BCUT2D eigenvalue weighted by Crippen LogP contribution is -2.52. The Kier molecular flexibility index (Phi) is 9.70. The second-order valence-electron chi connectivity index (χ2n) is 9.26. The molecule has 0 bridgehead atoms. The molecule has 7 heteroatoms. The Balaban J connectivity index is 1.72. The number of para-hydroxylation sites is 1. The number of benzene rings is 2. The van der Waals surface area contributed by atoms with Crippen LogP contribution in [0.25, 0.3) is 0 Å². The molecule has 1 aliphatic carbocycles. The Bertz CT molecular complexity index is 998. The van der Waals surface area contributed by atoms with E-state index in [4.69, 9.17) is 4.74 Å². The lowest BCUT2D eigenvalue weighted by atomic mass is 9.96. The summed E-state index contributed by atoms with van der Waals surface area (Å²) < 4.78 is 5.14. The van der Waals surface area contributed by atoms with Gasteiger partial charge in [0.15, 0.2) is 0 Å². The highest BCUT2D eigenvalue weighted by Gasteiger charge is 2.29. The van der Waals surface area contributed by atoms with E-state index in [2.05, 4.69) is 16.0 Å². The second-order valence-corrected chi connectivity index (χ2v) is 9.26. The molecule has 3 rings (SSSR count). The molecule has 3 N–H and O–H groups in total. The zero-order valence-corrected chi connectivity index (χ0v) is 20.9. The van der Waals surface area contributed by atoms with Gasteiger partial charge in [0.1, 0.15) is 11.8 Å². The summed E-state index contributed by atoms with van der Waals surface area (Å²) in [6, 6.07) is 13.1. The van der Waals surface area contributed by atoms with Crippen LogP contribution in [0.4, 0.5) is 5.69 Å². The molecule has 35 heavy (non-hydrogen) atoms. The Morgan fingerprint density at radius 3 is 2.23 bits per heavy atom. The van der Waals surface area contributed by atoms with Crippen molar-refractivity contribution in [2.45, 2.75) is 70.9 Å². The fourth-order valence-corrected chi connectivity index (χ4v) is 4.36. The van der Waals surface area contributed by atoms with E-state index in [0.29, 0.717) is 22.6 Å². The highest BCUT2D eigenvalue weighted by molar-refractivity contribution is 6.09. The summed E-state index contributed by atoms with van der Waals surface area (Å²) in [6.45, 7) is 3.97. The third-order valence-electron chi connectivity index (χ3n) is 6.76. The SMILES string of the molecule is CC[C@H](C)[C@@H](NC(=O)c1ccccc1NC(=O)c1ccc(OC)cc1)C(=O)NC1CCCCCC1. The van der Waals surface area contributed by atoms with Gasteiger partial charge in [0.2, 0.25) is 5.91 Å².